The molecule has 3 rings (SSSR count). The van der Waals surface area contributed by atoms with Crippen LogP contribution in [0.15, 0.2) is 42.0 Å². The third-order valence-corrected chi connectivity index (χ3v) is 4.82. The van der Waals surface area contributed by atoms with E-state index in [1.807, 2.05) is 6.21 Å². The number of benzene rings is 1. The smallest absolute Gasteiger partial charge is 0.141 e. The second-order valence-corrected chi connectivity index (χ2v) is 6.34. The zero-order chi connectivity index (χ0) is 15.7. The van der Waals surface area contributed by atoms with Crippen LogP contribution >= 0.6 is 22.6 Å². The molecule has 0 aliphatic rings. The normalized spacial score (nSPS) is 11.5. The van der Waals surface area contributed by atoms with E-state index in [-0.39, 0.29) is 0 Å². The largest absolute Gasteiger partial charge is 0.318 e. The van der Waals surface area contributed by atoms with Crippen molar-refractivity contribution < 1.29 is 0 Å². The van der Waals surface area contributed by atoms with Gasteiger partial charge in [-0.05, 0) is 73.2 Å². The Morgan fingerprint density at radius 1 is 1.09 bits per heavy atom. The highest BCUT2D eigenvalue weighted by Gasteiger charge is 2.10. The summed E-state index contributed by atoms with van der Waals surface area (Å²) in [5, 5.41) is 11.8. The lowest BCUT2D eigenvalue weighted by molar-refractivity contribution is 0.877. The van der Waals surface area contributed by atoms with Crippen molar-refractivity contribution in [3.8, 4) is 5.69 Å². The lowest BCUT2D eigenvalue weighted by Crippen LogP contribution is -2.00. The Labute approximate surface area is 142 Å². The number of hydrogen-bond donors (Lipinski definition) is 0. The van der Waals surface area contributed by atoms with Gasteiger partial charge in [-0.25, -0.2) is 4.68 Å². The van der Waals surface area contributed by atoms with E-state index < -0.39 is 0 Å². The van der Waals surface area contributed by atoms with E-state index >= 15 is 0 Å². The average Bonchev–Trinajstić information content (AvgIpc) is 3.09. The first kappa shape index (κ1) is 15.0. The Bertz CT molecular complexity index is 831. The van der Waals surface area contributed by atoms with E-state index in [1.54, 1.807) is 17.3 Å². The second-order valence-electron chi connectivity index (χ2n) is 5.18. The number of aromatic nitrogens is 4. The molecule has 6 heteroatoms. The van der Waals surface area contributed by atoms with E-state index in [0.717, 1.165) is 11.3 Å². The molecule has 0 radical (unpaired) electrons. The summed E-state index contributed by atoms with van der Waals surface area (Å²) in [5.41, 5.74) is 5.89. The number of hydrogen-bond acceptors (Lipinski definition) is 3. The molecule has 0 atom stereocenters. The van der Waals surface area contributed by atoms with E-state index in [2.05, 4.69) is 87.5 Å². The fourth-order valence-corrected chi connectivity index (χ4v) is 2.80. The van der Waals surface area contributed by atoms with Crippen LogP contribution in [0.3, 0.4) is 0 Å². The van der Waals surface area contributed by atoms with Gasteiger partial charge in [0.1, 0.15) is 12.7 Å². The third kappa shape index (κ3) is 2.83. The number of aryl methyl sites for hydroxylation is 2. The Morgan fingerprint density at radius 2 is 1.82 bits per heavy atom. The second kappa shape index (κ2) is 6.04. The fourth-order valence-electron chi connectivity index (χ4n) is 2.47. The van der Waals surface area contributed by atoms with Gasteiger partial charge in [-0.2, -0.15) is 5.10 Å². The number of nitrogens with zero attached hydrogens (tertiary/aromatic N) is 5. The molecule has 0 spiro atoms. The number of rotatable bonds is 3. The van der Waals surface area contributed by atoms with Crippen LogP contribution in [0.25, 0.3) is 5.69 Å². The minimum Gasteiger partial charge on any atom is -0.318 e. The molecule has 0 saturated heterocycles. The van der Waals surface area contributed by atoms with Crippen molar-refractivity contribution in [2.24, 2.45) is 5.10 Å². The van der Waals surface area contributed by atoms with Gasteiger partial charge < -0.3 is 4.57 Å². The minimum atomic E-state index is 1.09. The van der Waals surface area contributed by atoms with Gasteiger partial charge in [-0.3, -0.25) is 0 Å². The molecule has 0 aliphatic carbocycles. The maximum atomic E-state index is 4.33. The van der Waals surface area contributed by atoms with E-state index in [0.29, 0.717) is 0 Å². The Balaban J connectivity index is 2.01. The van der Waals surface area contributed by atoms with E-state index in [9.17, 15) is 0 Å². The van der Waals surface area contributed by atoms with Crippen LogP contribution in [-0.2, 0) is 0 Å². The molecular formula is C16H16IN5. The fraction of sp³-hybridized carbons (Fsp3) is 0.188. The lowest BCUT2D eigenvalue weighted by atomic mass is 10.2. The van der Waals surface area contributed by atoms with Gasteiger partial charge in [0.2, 0.25) is 0 Å². The topological polar surface area (TPSA) is 48.0 Å². The predicted octanol–water partition coefficient (Wildman–Crippen LogP) is 3.48. The summed E-state index contributed by atoms with van der Waals surface area (Å²) in [5.74, 6) is 0. The molecule has 22 heavy (non-hydrogen) atoms. The van der Waals surface area contributed by atoms with Gasteiger partial charge >= 0.3 is 0 Å². The summed E-state index contributed by atoms with van der Waals surface area (Å²) in [6.45, 7) is 6.35. The van der Waals surface area contributed by atoms with Crippen molar-refractivity contribution >= 4 is 28.8 Å². The summed E-state index contributed by atoms with van der Waals surface area (Å²) in [7, 11) is 0. The van der Waals surface area contributed by atoms with Crippen LogP contribution < -0.4 is 0 Å². The van der Waals surface area contributed by atoms with E-state index in [4.69, 9.17) is 0 Å². The lowest BCUT2D eigenvalue weighted by Gasteiger charge is -2.11. The van der Waals surface area contributed by atoms with Crippen molar-refractivity contribution in [3.05, 3.63) is 63.0 Å². The highest BCUT2D eigenvalue weighted by Crippen LogP contribution is 2.22. The standard InChI is InChI=1S/C16H16IN5/c1-11-6-15(4-5-16(11)17)22-12(2)7-14(13(22)3)8-20-21-9-18-19-10-21/h4-10H,1-3H3/b20-8-. The first-order chi connectivity index (χ1) is 10.6. The van der Waals surface area contributed by atoms with Crippen molar-refractivity contribution in [1.82, 2.24) is 19.4 Å². The quantitative estimate of drug-likeness (QED) is 0.495. The monoisotopic (exact) mass is 405 g/mol. The zero-order valence-corrected chi connectivity index (χ0v) is 14.8. The third-order valence-electron chi connectivity index (χ3n) is 3.61. The van der Waals surface area contributed by atoms with Crippen molar-refractivity contribution in [2.75, 3.05) is 0 Å². The SMILES string of the molecule is Cc1cc(-n2c(C)cc(/C=N\n3cnnc3)c2C)ccc1I. The molecular weight excluding hydrogens is 389 g/mol. The molecule has 2 heterocycles. The van der Waals surface area contributed by atoms with E-state index in [1.165, 1.54) is 20.5 Å². The molecule has 112 valence electrons. The summed E-state index contributed by atoms with van der Waals surface area (Å²) in [6.07, 6.45) is 4.97. The van der Waals surface area contributed by atoms with Gasteiger partial charge in [0.05, 0.1) is 6.21 Å². The summed E-state index contributed by atoms with van der Waals surface area (Å²) >= 11 is 2.36. The number of halogens is 1. The maximum Gasteiger partial charge on any atom is 0.141 e. The average molecular weight is 405 g/mol. The van der Waals surface area contributed by atoms with Gasteiger partial charge in [0, 0.05) is 26.2 Å². The van der Waals surface area contributed by atoms with Gasteiger partial charge in [-0.1, -0.05) is 0 Å². The Kier molecular flexibility index (Phi) is 4.10. The summed E-state index contributed by atoms with van der Waals surface area (Å²) in [6, 6.07) is 8.64. The van der Waals surface area contributed by atoms with Crippen LogP contribution in [0.1, 0.15) is 22.5 Å². The predicted molar refractivity (Wildman–Crippen MR) is 95.7 cm³/mol. The zero-order valence-electron chi connectivity index (χ0n) is 12.7. The molecule has 0 fully saturated rings. The highest BCUT2D eigenvalue weighted by atomic mass is 127. The van der Waals surface area contributed by atoms with Gasteiger partial charge in [-0.15, -0.1) is 10.2 Å². The van der Waals surface area contributed by atoms with Crippen LogP contribution in [0.5, 0.6) is 0 Å². The van der Waals surface area contributed by atoms with Crippen LogP contribution in [0.4, 0.5) is 0 Å². The van der Waals surface area contributed by atoms with Gasteiger partial charge in [0.15, 0.2) is 0 Å². The molecule has 1 aromatic carbocycles. The Hall–Kier alpha value is -1.96. The highest BCUT2D eigenvalue weighted by molar-refractivity contribution is 14.1. The molecule has 0 aliphatic heterocycles. The summed E-state index contributed by atoms with van der Waals surface area (Å²) < 4.78 is 5.11. The van der Waals surface area contributed by atoms with Crippen molar-refractivity contribution in [1.29, 1.82) is 0 Å². The Morgan fingerprint density at radius 3 is 2.50 bits per heavy atom. The minimum absolute atomic E-state index is 1.09. The van der Waals surface area contributed by atoms with Gasteiger partial charge in [0.25, 0.3) is 0 Å². The molecule has 2 aromatic heterocycles. The van der Waals surface area contributed by atoms with Crippen LogP contribution in [-0.4, -0.2) is 25.7 Å². The molecule has 0 N–H and O–H groups in total. The molecule has 0 amide bonds. The molecule has 3 aromatic rings. The molecule has 0 unspecified atom stereocenters. The summed E-state index contributed by atoms with van der Waals surface area (Å²) in [4.78, 5) is 0. The molecule has 0 saturated carbocycles. The first-order valence-corrected chi connectivity index (χ1v) is 7.98. The first-order valence-electron chi connectivity index (χ1n) is 6.90. The van der Waals surface area contributed by atoms with Crippen LogP contribution in [0.2, 0.25) is 0 Å². The van der Waals surface area contributed by atoms with Crippen molar-refractivity contribution in [3.63, 3.8) is 0 Å². The molecule has 5 nitrogen and oxygen atoms in total. The van der Waals surface area contributed by atoms with Crippen LogP contribution in [0, 0.1) is 24.3 Å². The molecule has 0 bridgehead atoms. The van der Waals surface area contributed by atoms with Crippen molar-refractivity contribution in [2.45, 2.75) is 20.8 Å². The maximum absolute atomic E-state index is 4.33.